The van der Waals surface area contributed by atoms with Gasteiger partial charge in [0.15, 0.2) is 5.82 Å². The molecule has 12 heteroatoms. The van der Waals surface area contributed by atoms with Gasteiger partial charge in [0.1, 0.15) is 0 Å². The Kier molecular flexibility index (Phi) is 7.62. The lowest BCUT2D eigenvalue weighted by Gasteiger charge is -2.29. The summed E-state index contributed by atoms with van der Waals surface area (Å²) in [7, 11) is -2.89. The summed E-state index contributed by atoms with van der Waals surface area (Å²) in [4.78, 5) is 17.8. The molecule has 0 N–H and O–H groups in total. The zero-order chi connectivity index (χ0) is 27.9. The highest BCUT2D eigenvalue weighted by Crippen LogP contribution is 2.50. The van der Waals surface area contributed by atoms with Crippen molar-refractivity contribution in [3.05, 3.63) is 104 Å². The number of carbonyl (C=O) groups excluding carboxylic acids is 1. The van der Waals surface area contributed by atoms with Gasteiger partial charge in [-0.3, -0.25) is 4.79 Å². The zero-order valence-electron chi connectivity index (χ0n) is 20.0. The SMILES string of the molecule is Cc1cc(C2=NOC(c3cc(Cl)c(F)c(Cl)c3)(C(F)(F)F)C2)ccc1C(=O)N=S(C)(=O)Cc1ccccc1. The minimum atomic E-state index is -4.95. The standard InChI is InChI=1S/C26H20Cl2F4N2O3S/c1-15-10-17(8-9-19(15)24(35)34-38(2,36)14-16-6-4-3-5-7-16)22-13-25(37-33-22,26(30,31)32)18-11-20(27)23(29)21(28)12-18/h3-12H,13-14H2,1-2H3. The van der Waals surface area contributed by atoms with Crippen molar-refractivity contribution >= 4 is 44.5 Å². The molecule has 0 radical (unpaired) electrons. The molecule has 0 aliphatic carbocycles. The molecular weight excluding hydrogens is 567 g/mol. The second kappa shape index (κ2) is 10.3. The number of carbonyl (C=O) groups is 1. The van der Waals surface area contributed by atoms with Crippen molar-refractivity contribution < 1.29 is 31.4 Å². The number of oxime groups is 1. The van der Waals surface area contributed by atoms with Crippen molar-refractivity contribution in [2.75, 3.05) is 6.26 Å². The lowest BCUT2D eigenvalue weighted by molar-refractivity contribution is -0.275. The van der Waals surface area contributed by atoms with Crippen molar-refractivity contribution in [1.82, 2.24) is 0 Å². The van der Waals surface area contributed by atoms with E-state index >= 15 is 0 Å². The molecular formula is C26H20Cl2F4N2O3S. The summed E-state index contributed by atoms with van der Waals surface area (Å²) in [6.07, 6.45) is -4.31. The van der Waals surface area contributed by atoms with E-state index in [1.807, 2.05) is 6.07 Å². The van der Waals surface area contributed by atoms with Crippen LogP contribution < -0.4 is 0 Å². The third-order valence-corrected chi connectivity index (χ3v) is 7.95. The number of nitrogens with zero attached hydrogens (tertiary/aromatic N) is 2. The topological polar surface area (TPSA) is 68.1 Å². The van der Waals surface area contributed by atoms with Crippen LogP contribution in [0.1, 0.15) is 39.0 Å². The fourth-order valence-electron chi connectivity index (χ4n) is 4.07. The molecule has 200 valence electrons. The largest absolute Gasteiger partial charge is 0.435 e. The van der Waals surface area contributed by atoms with E-state index in [2.05, 4.69) is 9.52 Å². The van der Waals surface area contributed by atoms with Gasteiger partial charge in [0.25, 0.3) is 11.5 Å². The van der Waals surface area contributed by atoms with Crippen LogP contribution in [0.25, 0.3) is 0 Å². The van der Waals surface area contributed by atoms with E-state index < -0.39 is 55.3 Å². The molecule has 0 spiro atoms. The minimum Gasteiger partial charge on any atom is -0.374 e. The number of hydrogen-bond acceptors (Lipinski definition) is 4. The average Bonchev–Trinajstić information content (AvgIpc) is 3.29. The van der Waals surface area contributed by atoms with Gasteiger partial charge in [0.2, 0.25) is 0 Å². The molecule has 3 aromatic carbocycles. The number of aryl methyl sites for hydroxylation is 1. The van der Waals surface area contributed by atoms with E-state index in [1.54, 1.807) is 31.2 Å². The van der Waals surface area contributed by atoms with Gasteiger partial charge in [-0.2, -0.15) is 17.5 Å². The van der Waals surface area contributed by atoms with Gasteiger partial charge in [0, 0.05) is 23.8 Å². The van der Waals surface area contributed by atoms with Crippen LogP contribution in [0, 0.1) is 12.7 Å². The Balaban J connectivity index is 1.61. The van der Waals surface area contributed by atoms with E-state index in [0.717, 1.165) is 17.7 Å². The molecule has 2 atom stereocenters. The third kappa shape index (κ3) is 5.57. The Morgan fingerprint density at radius 2 is 1.74 bits per heavy atom. The molecule has 0 saturated heterocycles. The van der Waals surface area contributed by atoms with E-state index in [1.165, 1.54) is 24.5 Å². The Morgan fingerprint density at radius 3 is 2.32 bits per heavy atom. The van der Waals surface area contributed by atoms with Crippen molar-refractivity contribution in [1.29, 1.82) is 0 Å². The first-order chi connectivity index (χ1) is 17.7. The minimum absolute atomic E-state index is 0.0544. The Bertz CT molecular complexity index is 1550. The summed E-state index contributed by atoms with van der Waals surface area (Å²) >= 11 is 11.5. The molecule has 4 rings (SSSR count). The monoisotopic (exact) mass is 586 g/mol. The van der Waals surface area contributed by atoms with Gasteiger partial charge >= 0.3 is 6.18 Å². The van der Waals surface area contributed by atoms with Gasteiger partial charge in [0.05, 0.1) is 31.2 Å². The summed E-state index contributed by atoms with van der Waals surface area (Å²) in [6.45, 7) is 1.58. The first-order valence-corrected chi connectivity index (χ1v) is 13.9. The van der Waals surface area contributed by atoms with Gasteiger partial charge < -0.3 is 4.84 Å². The van der Waals surface area contributed by atoms with Crippen LogP contribution in [0.5, 0.6) is 0 Å². The van der Waals surface area contributed by atoms with Crippen molar-refractivity contribution in [3.63, 3.8) is 0 Å². The molecule has 1 heterocycles. The smallest absolute Gasteiger partial charge is 0.374 e. The molecule has 1 amide bonds. The van der Waals surface area contributed by atoms with Crippen molar-refractivity contribution in [2.45, 2.75) is 30.9 Å². The van der Waals surface area contributed by atoms with Gasteiger partial charge in [-0.25, -0.2) is 8.60 Å². The first-order valence-electron chi connectivity index (χ1n) is 11.1. The van der Waals surface area contributed by atoms with Crippen LogP contribution in [0.3, 0.4) is 0 Å². The quantitative estimate of drug-likeness (QED) is 0.230. The number of hydrogen-bond donors (Lipinski definition) is 0. The van der Waals surface area contributed by atoms with Gasteiger partial charge in [-0.1, -0.05) is 64.8 Å². The van der Waals surface area contributed by atoms with E-state index in [4.69, 9.17) is 28.0 Å². The predicted molar refractivity (Wildman–Crippen MR) is 139 cm³/mol. The highest BCUT2D eigenvalue weighted by atomic mass is 35.5. The maximum Gasteiger partial charge on any atom is 0.435 e. The van der Waals surface area contributed by atoms with Crippen molar-refractivity contribution in [3.8, 4) is 0 Å². The second-order valence-electron chi connectivity index (χ2n) is 8.90. The summed E-state index contributed by atoms with van der Waals surface area (Å²) in [6, 6.07) is 14.8. The normalized spacial score (nSPS) is 18.9. The highest BCUT2D eigenvalue weighted by Gasteiger charge is 2.62. The molecule has 1 aliphatic rings. The summed E-state index contributed by atoms with van der Waals surface area (Å²) < 4.78 is 73.5. The molecule has 0 aromatic heterocycles. The third-order valence-electron chi connectivity index (χ3n) is 5.98. The number of rotatable bonds is 5. The fourth-order valence-corrected chi connectivity index (χ4v) is 5.88. The maximum atomic E-state index is 14.3. The molecule has 3 aromatic rings. The molecule has 5 nitrogen and oxygen atoms in total. The fraction of sp³-hybridized carbons (Fsp3) is 0.231. The second-order valence-corrected chi connectivity index (χ2v) is 12.1. The maximum absolute atomic E-state index is 14.3. The molecule has 1 aliphatic heterocycles. The molecule has 38 heavy (non-hydrogen) atoms. The van der Waals surface area contributed by atoms with Crippen LogP contribution in [0.2, 0.25) is 10.0 Å². The predicted octanol–water partition coefficient (Wildman–Crippen LogP) is 7.46. The summed E-state index contributed by atoms with van der Waals surface area (Å²) in [5, 5.41) is 2.49. The van der Waals surface area contributed by atoms with Crippen molar-refractivity contribution in [2.24, 2.45) is 9.52 Å². The van der Waals surface area contributed by atoms with E-state index in [0.29, 0.717) is 5.56 Å². The van der Waals surface area contributed by atoms with Crippen LogP contribution >= 0.6 is 23.2 Å². The van der Waals surface area contributed by atoms with Gasteiger partial charge in [-0.05, 0) is 47.9 Å². The van der Waals surface area contributed by atoms with Crippen LogP contribution in [0.4, 0.5) is 17.6 Å². The van der Waals surface area contributed by atoms with Crippen LogP contribution in [-0.2, 0) is 25.9 Å². The average molecular weight is 587 g/mol. The lowest BCUT2D eigenvalue weighted by atomic mass is 9.86. The molecule has 0 bridgehead atoms. The van der Waals surface area contributed by atoms with E-state index in [-0.39, 0.29) is 22.6 Å². The van der Waals surface area contributed by atoms with E-state index in [9.17, 15) is 26.6 Å². The Morgan fingerprint density at radius 1 is 1.11 bits per heavy atom. The number of alkyl halides is 3. The summed E-state index contributed by atoms with van der Waals surface area (Å²) in [5.41, 5.74) is -1.92. The molecule has 0 fully saturated rings. The number of benzene rings is 3. The van der Waals surface area contributed by atoms with Crippen LogP contribution in [-0.4, -0.2) is 28.3 Å². The zero-order valence-corrected chi connectivity index (χ0v) is 22.3. The Hall–Kier alpha value is -2.95. The lowest BCUT2D eigenvalue weighted by Crippen LogP contribution is -2.42. The Labute approximate surface area is 226 Å². The number of halogens is 6. The van der Waals surface area contributed by atoms with Gasteiger partial charge in [-0.15, -0.1) is 0 Å². The number of amides is 1. The summed E-state index contributed by atoms with van der Waals surface area (Å²) in [5.74, 6) is -1.67. The first kappa shape index (κ1) is 28.1. The molecule has 0 saturated carbocycles. The molecule has 2 unspecified atom stereocenters. The van der Waals surface area contributed by atoms with Crippen LogP contribution in [0.15, 0.2) is 70.2 Å². The highest BCUT2D eigenvalue weighted by molar-refractivity contribution is 7.92.